The van der Waals surface area contributed by atoms with Crippen LogP contribution >= 0.6 is 0 Å². The molecule has 0 radical (unpaired) electrons. The number of rotatable bonds is 3. The number of fused-ring (bicyclic) bond motifs is 5. The van der Waals surface area contributed by atoms with Crippen LogP contribution in [0.5, 0.6) is 0 Å². The third kappa shape index (κ3) is 3.08. The molecular formula is C26H42O4. The Morgan fingerprint density at radius 2 is 1.77 bits per heavy atom. The molecule has 0 aromatic heterocycles. The lowest BCUT2D eigenvalue weighted by molar-refractivity contribution is -0.198. The predicted octanol–water partition coefficient (Wildman–Crippen LogP) is 4.28. The Hall–Kier alpha value is -0.420. The van der Waals surface area contributed by atoms with Crippen molar-refractivity contribution in [1.29, 1.82) is 0 Å². The fourth-order valence-electron chi connectivity index (χ4n) is 8.90. The largest absolute Gasteiger partial charge is 0.393 e. The van der Waals surface area contributed by atoms with Gasteiger partial charge in [0.25, 0.3) is 0 Å². The van der Waals surface area contributed by atoms with Crippen molar-refractivity contribution in [2.75, 3.05) is 0 Å². The number of aliphatic hydroxyl groups excluding tert-OH is 3. The van der Waals surface area contributed by atoms with Crippen molar-refractivity contribution in [3.63, 3.8) is 0 Å². The van der Waals surface area contributed by atoms with Crippen molar-refractivity contribution in [2.45, 2.75) is 104 Å². The average molecular weight is 419 g/mol. The molecule has 5 rings (SSSR count). The van der Waals surface area contributed by atoms with Gasteiger partial charge in [-0.2, -0.15) is 0 Å². The van der Waals surface area contributed by atoms with Gasteiger partial charge in [0.05, 0.1) is 12.2 Å². The molecule has 0 aromatic carbocycles. The van der Waals surface area contributed by atoms with Crippen LogP contribution in [0.2, 0.25) is 0 Å². The number of epoxide rings is 1. The van der Waals surface area contributed by atoms with Gasteiger partial charge in [-0.1, -0.05) is 38.8 Å². The summed E-state index contributed by atoms with van der Waals surface area (Å²) < 4.78 is 5.16. The molecule has 3 N–H and O–H groups in total. The van der Waals surface area contributed by atoms with Crippen LogP contribution in [0.25, 0.3) is 0 Å². The Morgan fingerprint density at radius 1 is 1.03 bits per heavy atom. The van der Waals surface area contributed by atoms with Crippen LogP contribution in [0, 0.1) is 46.3 Å². The van der Waals surface area contributed by atoms with E-state index < -0.39 is 6.29 Å². The second-order valence-electron chi connectivity index (χ2n) is 12.2. The van der Waals surface area contributed by atoms with Crippen LogP contribution in [-0.4, -0.2) is 39.9 Å². The zero-order chi connectivity index (χ0) is 21.4. The van der Waals surface area contributed by atoms with Crippen molar-refractivity contribution in [3.05, 3.63) is 11.6 Å². The predicted molar refractivity (Wildman–Crippen MR) is 116 cm³/mol. The number of allylic oxidation sites excluding steroid dienone is 1. The molecule has 12 atom stereocenters. The van der Waals surface area contributed by atoms with E-state index in [1.165, 1.54) is 24.8 Å². The van der Waals surface area contributed by atoms with Crippen LogP contribution in [0.4, 0.5) is 0 Å². The molecule has 2 unspecified atom stereocenters. The first-order valence-electron chi connectivity index (χ1n) is 12.5. The lowest BCUT2D eigenvalue weighted by atomic mass is 9.43. The quantitative estimate of drug-likeness (QED) is 0.473. The van der Waals surface area contributed by atoms with Crippen LogP contribution in [0.3, 0.4) is 0 Å². The molecule has 5 aliphatic rings. The first-order chi connectivity index (χ1) is 14.2. The van der Waals surface area contributed by atoms with E-state index in [2.05, 4.69) is 33.8 Å². The van der Waals surface area contributed by atoms with Crippen LogP contribution < -0.4 is 0 Å². The summed E-state index contributed by atoms with van der Waals surface area (Å²) in [6.07, 6.45) is 9.66. The molecule has 0 bridgehead atoms. The number of ether oxygens (including phenoxy) is 1. The van der Waals surface area contributed by atoms with E-state index in [0.717, 1.165) is 38.0 Å². The molecule has 5 fully saturated rings. The zero-order valence-corrected chi connectivity index (χ0v) is 19.3. The van der Waals surface area contributed by atoms with E-state index in [1.807, 2.05) is 0 Å². The first-order valence-corrected chi connectivity index (χ1v) is 12.5. The summed E-state index contributed by atoms with van der Waals surface area (Å²) in [4.78, 5) is 0. The monoisotopic (exact) mass is 418 g/mol. The Labute approximate surface area is 182 Å². The normalized spacial score (nSPS) is 58.0. The summed E-state index contributed by atoms with van der Waals surface area (Å²) in [6, 6.07) is 0. The summed E-state index contributed by atoms with van der Waals surface area (Å²) >= 11 is 0. The smallest absolute Gasteiger partial charge is 0.182 e. The molecule has 30 heavy (non-hydrogen) atoms. The van der Waals surface area contributed by atoms with Crippen molar-refractivity contribution in [1.82, 2.24) is 0 Å². The Bertz CT molecular complexity index is 705. The van der Waals surface area contributed by atoms with E-state index in [9.17, 15) is 15.3 Å². The number of hydrogen-bond donors (Lipinski definition) is 3. The minimum Gasteiger partial charge on any atom is -0.393 e. The van der Waals surface area contributed by atoms with Gasteiger partial charge < -0.3 is 20.1 Å². The maximum Gasteiger partial charge on any atom is 0.182 e. The topological polar surface area (TPSA) is 73.2 Å². The molecule has 0 spiro atoms. The van der Waals surface area contributed by atoms with Gasteiger partial charge in [0.2, 0.25) is 0 Å². The summed E-state index contributed by atoms with van der Waals surface area (Å²) in [5, 5.41) is 32.4. The highest BCUT2D eigenvalue weighted by atomic mass is 16.7. The Kier molecular flexibility index (Phi) is 5.21. The molecule has 4 aliphatic carbocycles. The molecule has 1 saturated heterocycles. The van der Waals surface area contributed by atoms with Crippen molar-refractivity contribution >= 4 is 0 Å². The SMILES string of the molecule is C/C(=C/CC1OC1O)[C@H]1CC[C@H]2[C@@H]3[C@@H](O)C[C@@H]4C[C@H](C)CC[C@]4(C)[C@H]3C[C@H](O)[C@]12C. The number of aliphatic hydroxyl groups is 3. The van der Waals surface area contributed by atoms with Crippen LogP contribution in [0.15, 0.2) is 11.6 Å². The molecule has 1 heterocycles. The second-order valence-corrected chi connectivity index (χ2v) is 12.2. The second kappa shape index (κ2) is 7.30. The molecule has 4 saturated carbocycles. The van der Waals surface area contributed by atoms with Crippen molar-refractivity contribution in [3.8, 4) is 0 Å². The van der Waals surface area contributed by atoms with Gasteiger partial charge in [-0.15, -0.1) is 0 Å². The van der Waals surface area contributed by atoms with Gasteiger partial charge in [-0.3, -0.25) is 0 Å². The van der Waals surface area contributed by atoms with Gasteiger partial charge in [0.15, 0.2) is 6.29 Å². The molecular weight excluding hydrogens is 376 g/mol. The van der Waals surface area contributed by atoms with Gasteiger partial charge in [-0.05, 0) is 92.8 Å². The standard InChI is InChI=1S/C26H42O4/c1-14-9-10-25(3)16(11-14)12-20(27)23-18-7-6-17(15(2)5-8-21-24(29)30-21)26(18,4)22(28)13-19(23)25/h5,14,16-24,27-29H,6-13H2,1-4H3/b15-5-/t14-,16+,17-,18+,19+,20+,21?,22+,23+,24?,25+,26-/m1/s1. The van der Waals surface area contributed by atoms with Crippen molar-refractivity contribution < 1.29 is 20.1 Å². The minimum absolute atomic E-state index is 0.0450. The lowest BCUT2D eigenvalue weighted by Crippen LogP contribution is -2.61. The summed E-state index contributed by atoms with van der Waals surface area (Å²) in [5.74, 6) is 2.92. The summed E-state index contributed by atoms with van der Waals surface area (Å²) in [6.45, 7) is 9.36. The molecule has 0 amide bonds. The third-order valence-electron chi connectivity index (χ3n) is 10.8. The van der Waals surface area contributed by atoms with E-state index in [0.29, 0.717) is 29.6 Å². The lowest BCUT2D eigenvalue weighted by Gasteiger charge is -2.63. The van der Waals surface area contributed by atoms with Gasteiger partial charge in [-0.25, -0.2) is 0 Å². The summed E-state index contributed by atoms with van der Waals surface area (Å²) in [7, 11) is 0. The fourth-order valence-corrected chi connectivity index (χ4v) is 8.90. The van der Waals surface area contributed by atoms with E-state index in [-0.39, 0.29) is 29.1 Å². The highest BCUT2D eigenvalue weighted by molar-refractivity contribution is 5.20. The van der Waals surface area contributed by atoms with Gasteiger partial charge in [0.1, 0.15) is 6.10 Å². The highest BCUT2D eigenvalue weighted by Gasteiger charge is 2.65. The van der Waals surface area contributed by atoms with Gasteiger partial charge >= 0.3 is 0 Å². The van der Waals surface area contributed by atoms with Gasteiger partial charge in [0, 0.05) is 5.41 Å². The van der Waals surface area contributed by atoms with E-state index in [1.54, 1.807) is 0 Å². The summed E-state index contributed by atoms with van der Waals surface area (Å²) in [5.41, 5.74) is 1.46. The van der Waals surface area contributed by atoms with Crippen molar-refractivity contribution in [2.24, 2.45) is 46.3 Å². The molecule has 1 aliphatic heterocycles. The minimum atomic E-state index is -0.591. The maximum absolute atomic E-state index is 11.6. The van der Waals surface area contributed by atoms with Crippen LogP contribution in [-0.2, 0) is 4.74 Å². The first kappa shape index (κ1) is 21.4. The average Bonchev–Trinajstić information content (AvgIpc) is 3.28. The van der Waals surface area contributed by atoms with E-state index in [4.69, 9.17) is 4.74 Å². The van der Waals surface area contributed by atoms with E-state index >= 15 is 0 Å². The number of hydrogen-bond acceptors (Lipinski definition) is 4. The molecule has 170 valence electrons. The highest BCUT2D eigenvalue weighted by Crippen LogP contribution is 2.68. The molecule has 4 nitrogen and oxygen atoms in total. The molecule has 0 aromatic rings. The zero-order valence-electron chi connectivity index (χ0n) is 19.3. The molecule has 4 heteroatoms. The van der Waals surface area contributed by atoms with Crippen LogP contribution in [0.1, 0.15) is 79.1 Å². The Morgan fingerprint density at radius 3 is 2.47 bits per heavy atom. The fraction of sp³-hybridized carbons (Fsp3) is 0.923. The Balaban J connectivity index is 1.42. The third-order valence-corrected chi connectivity index (χ3v) is 10.8. The maximum atomic E-state index is 11.6.